The van der Waals surface area contributed by atoms with Crippen molar-refractivity contribution >= 4 is 66.7 Å². The summed E-state index contributed by atoms with van der Waals surface area (Å²) in [6.45, 7) is 4.68. The van der Waals surface area contributed by atoms with Crippen LogP contribution in [0.3, 0.4) is 0 Å². The van der Waals surface area contributed by atoms with Crippen LogP contribution in [-0.2, 0) is 0 Å². The van der Waals surface area contributed by atoms with Crippen LogP contribution in [0.15, 0.2) is 56.0 Å². The Hall–Kier alpha value is 0.540. The monoisotopic (exact) mass is 426 g/mol. The van der Waals surface area contributed by atoms with E-state index in [4.69, 9.17) is 0 Å². The normalized spacial score (nSPS) is 23.8. The highest BCUT2D eigenvalue weighted by atomic mass is 33.1. The molecule has 0 amide bonds. The summed E-state index contributed by atoms with van der Waals surface area (Å²) in [7, 11) is 7.90. The highest BCUT2D eigenvalue weighted by Crippen LogP contribution is 2.52. The van der Waals surface area contributed by atoms with Gasteiger partial charge in [-0.1, -0.05) is 75.2 Å². The van der Waals surface area contributed by atoms with Gasteiger partial charge in [-0.2, -0.15) is 0 Å². The summed E-state index contributed by atoms with van der Waals surface area (Å²) < 4.78 is 0. The van der Waals surface area contributed by atoms with Gasteiger partial charge in [0.15, 0.2) is 0 Å². The maximum Gasteiger partial charge on any atom is 0.0461 e. The van der Waals surface area contributed by atoms with Crippen molar-refractivity contribution < 1.29 is 0 Å². The third-order valence-corrected chi connectivity index (χ3v) is 13.0. The number of hydrogen-bond acceptors (Lipinski definition) is 6. The average molecular weight is 427 g/mol. The molecule has 0 aromatic heterocycles. The molecule has 5 rings (SSSR count). The smallest absolute Gasteiger partial charge is 0.0461 e. The van der Waals surface area contributed by atoms with Gasteiger partial charge >= 0.3 is 0 Å². The van der Waals surface area contributed by atoms with Gasteiger partial charge in [-0.25, -0.2) is 0 Å². The lowest BCUT2D eigenvalue weighted by Gasteiger charge is -2.16. The molecule has 6 heteroatoms. The quantitative estimate of drug-likeness (QED) is 0.391. The molecule has 3 aliphatic rings. The number of rotatable bonds is 0. The first kappa shape index (κ1) is 17.9. The lowest BCUT2D eigenvalue weighted by atomic mass is 10.1. The van der Waals surface area contributed by atoms with Gasteiger partial charge in [-0.3, -0.25) is 0 Å². The Morgan fingerprint density at radius 2 is 1.46 bits per heavy atom. The Kier molecular flexibility index (Phi) is 6.02. The largest absolute Gasteiger partial charge is 0.124 e. The lowest BCUT2D eigenvalue weighted by Crippen LogP contribution is -1.98. The second kappa shape index (κ2) is 8.05. The highest BCUT2D eigenvalue weighted by molar-refractivity contribution is 8.77. The molecule has 2 aromatic carbocycles. The minimum absolute atomic E-state index is 0.630. The molecule has 2 atom stereocenters. The third kappa shape index (κ3) is 3.94. The predicted molar refractivity (Wildman–Crippen MR) is 119 cm³/mol. The summed E-state index contributed by atoms with van der Waals surface area (Å²) in [5.74, 6) is 2.35. The molecule has 4 bridgehead atoms. The Morgan fingerprint density at radius 1 is 0.750 bits per heavy atom. The van der Waals surface area contributed by atoms with Crippen LogP contribution in [0.2, 0.25) is 0 Å². The second-order valence-corrected chi connectivity index (χ2v) is 13.4. The predicted octanol–water partition coefficient (Wildman–Crippen LogP) is 7.82. The van der Waals surface area contributed by atoms with Crippen molar-refractivity contribution in [1.29, 1.82) is 0 Å². The first-order chi connectivity index (χ1) is 11.7. The summed E-state index contributed by atoms with van der Waals surface area (Å²) in [6, 6.07) is 13.8. The standard InChI is InChI=1S/C18H18S6/c1-11-9-19-16-8-7-15(13-3-5-14(6-4-13)23-21-11)17-18(16)24-22-12(2)10-20-17/h3-8,11-12H,9-10H2,1-2H3. The van der Waals surface area contributed by atoms with E-state index in [1.165, 1.54) is 36.5 Å². The summed E-state index contributed by atoms with van der Waals surface area (Å²) in [6.07, 6.45) is 0. The van der Waals surface area contributed by atoms with Gasteiger partial charge in [-0.05, 0) is 29.3 Å². The van der Waals surface area contributed by atoms with Gasteiger partial charge in [0, 0.05) is 41.6 Å². The first-order valence-corrected chi connectivity index (χ1v) is 14.3. The number of thioether (sulfide) groups is 2. The van der Waals surface area contributed by atoms with Crippen molar-refractivity contribution in [2.24, 2.45) is 0 Å². The molecular formula is C18H18S6. The van der Waals surface area contributed by atoms with Crippen molar-refractivity contribution in [3.63, 3.8) is 0 Å². The van der Waals surface area contributed by atoms with E-state index in [0.29, 0.717) is 10.5 Å². The molecule has 3 aliphatic heterocycles. The van der Waals surface area contributed by atoms with Crippen molar-refractivity contribution in [3.8, 4) is 11.1 Å². The molecule has 0 nitrogen and oxygen atoms in total. The van der Waals surface area contributed by atoms with Crippen LogP contribution < -0.4 is 0 Å². The van der Waals surface area contributed by atoms with Crippen LogP contribution in [0.4, 0.5) is 0 Å². The molecule has 0 spiro atoms. The Balaban J connectivity index is 1.86. The molecule has 2 unspecified atom stereocenters. The van der Waals surface area contributed by atoms with E-state index in [-0.39, 0.29) is 0 Å². The SMILES string of the molecule is CC1CSc2ccc(c3c2SSC(C)CS3)-c2ccc(cc2)SS1. The zero-order chi connectivity index (χ0) is 16.5. The molecule has 2 aromatic rings. The van der Waals surface area contributed by atoms with E-state index < -0.39 is 0 Å². The fourth-order valence-electron chi connectivity index (χ4n) is 2.53. The van der Waals surface area contributed by atoms with Crippen LogP contribution >= 0.6 is 66.7 Å². The summed E-state index contributed by atoms with van der Waals surface area (Å²) >= 11 is 4.07. The topological polar surface area (TPSA) is 0 Å². The van der Waals surface area contributed by atoms with E-state index >= 15 is 0 Å². The van der Waals surface area contributed by atoms with Crippen LogP contribution in [-0.4, -0.2) is 22.0 Å². The van der Waals surface area contributed by atoms with Gasteiger partial charge < -0.3 is 0 Å². The Labute approximate surface area is 168 Å². The van der Waals surface area contributed by atoms with Crippen LogP contribution in [0.25, 0.3) is 11.1 Å². The van der Waals surface area contributed by atoms with Crippen molar-refractivity contribution in [2.45, 2.75) is 43.9 Å². The third-order valence-electron chi connectivity index (χ3n) is 3.78. The van der Waals surface area contributed by atoms with E-state index in [2.05, 4.69) is 50.2 Å². The van der Waals surface area contributed by atoms with Crippen LogP contribution in [0.1, 0.15) is 13.8 Å². The van der Waals surface area contributed by atoms with E-state index in [9.17, 15) is 0 Å². The average Bonchev–Trinajstić information content (AvgIpc) is 2.79. The molecular weight excluding hydrogens is 409 g/mol. The molecule has 0 radical (unpaired) electrons. The number of benzene rings is 2. The van der Waals surface area contributed by atoms with Gasteiger partial charge in [0.05, 0.1) is 0 Å². The van der Waals surface area contributed by atoms with Crippen LogP contribution in [0.5, 0.6) is 0 Å². The van der Waals surface area contributed by atoms with Crippen molar-refractivity contribution in [2.75, 3.05) is 11.5 Å². The highest BCUT2D eigenvalue weighted by Gasteiger charge is 2.22. The fourth-order valence-corrected chi connectivity index (χ4v) is 10.7. The molecule has 3 heterocycles. The van der Waals surface area contributed by atoms with Crippen LogP contribution in [0, 0.1) is 0 Å². The zero-order valence-corrected chi connectivity index (χ0v) is 18.4. The maximum atomic E-state index is 2.35. The molecule has 0 fully saturated rings. The molecule has 0 saturated carbocycles. The Bertz CT molecular complexity index is 727. The first-order valence-electron chi connectivity index (χ1n) is 7.90. The van der Waals surface area contributed by atoms with E-state index in [1.807, 2.05) is 66.7 Å². The van der Waals surface area contributed by atoms with E-state index in [1.54, 1.807) is 0 Å². The van der Waals surface area contributed by atoms with Gasteiger partial charge in [0.25, 0.3) is 0 Å². The zero-order valence-electron chi connectivity index (χ0n) is 13.5. The molecule has 0 aliphatic carbocycles. The fraction of sp³-hybridized carbons (Fsp3) is 0.333. The maximum absolute atomic E-state index is 2.35. The Morgan fingerprint density at radius 3 is 2.25 bits per heavy atom. The van der Waals surface area contributed by atoms with E-state index in [0.717, 1.165) is 5.75 Å². The van der Waals surface area contributed by atoms with Gasteiger partial charge in [0.2, 0.25) is 0 Å². The summed E-state index contributed by atoms with van der Waals surface area (Å²) in [5.41, 5.74) is 2.75. The number of fused-ring (bicyclic) bond motifs is 7. The van der Waals surface area contributed by atoms with Crippen molar-refractivity contribution in [1.82, 2.24) is 0 Å². The van der Waals surface area contributed by atoms with Gasteiger partial charge in [-0.15, -0.1) is 23.5 Å². The second-order valence-electron chi connectivity index (χ2n) is 5.90. The molecule has 0 N–H and O–H groups in total. The minimum atomic E-state index is 0.630. The summed E-state index contributed by atoms with van der Waals surface area (Å²) in [4.78, 5) is 5.79. The molecule has 24 heavy (non-hydrogen) atoms. The minimum Gasteiger partial charge on any atom is -0.124 e. The molecule has 126 valence electrons. The van der Waals surface area contributed by atoms with Crippen molar-refractivity contribution in [3.05, 3.63) is 36.4 Å². The lowest BCUT2D eigenvalue weighted by molar-refractivity contribution is 1.10. The summed E-state index contributed by atoms with van der Waals surface area (Å²) in [5, 5.41) is 1.32. The van der Waals surface area contributed by atoms with Gasteiger partial charge in [0.1, 0.15) is 0 Å². The molecule has 0 saturated heterocycles. The number of hydrogen-bond donors (Lipinski definition) is 0.